The van der Waals surface area contributed by atoms with Gasteiger partial charge in [0.15, 0.2) is 0 Å². The number of alkyl halides is 17. The summed E-state index contributed by atoms with van der Waals surface area (Å²) in [6.07, 6.45) is -10.5. The summed E-state index contributed by atoms with van der Waals surface area (Å²) in [4.78, 5) is 0. The van der Waals surface area contributed by atoms with Gasteiger partial charge in [-0.1, -0.05) is 0 Å². The molecule has 0 spiro atoms. The van der Waals surface area contributed by atoms with E-state index < -0.39 is 70.7 Å². The van der Waals surface area contributed by atoms with E-state index in [1.807, 2.05) is 0 Å². The zero-order valence-electron chi connectivity index (χ0n) is 17.8. The van der Waals surface area contributed by atoms with Crippen LogP contribution in [-0.4, -0.2) is 66.2 Å². The third-order valence-electron chi connectivity index (χ3n) is 5.05. The summed E-state index contributed by atoms with van der Waals surface area (Å²) in [6, 6.07) is 4.28. The van der Waals surface area contributed by atoms with E-state index in [9.17, 15) is 74.6 Å². The summed E-state index contributed by atoms with van der Waals surface area (Å²) in [5, 5.41) is -1.54. The second-order valence-corrected chi connectivity index (χ2v) is 20.5. The third kappa shape index (κ3) is 5.33. The molecule has 0 radical (unpaired) electrons. The molecule has 21 heteroatoms. The van der Waals surface area contributed by atoms with E-state index in [0.717, 1.165) is 24.3 Å². The fourth-order valence-electron chi connectivity index (χ4n) is 2.65. The van der Waals surface area contributed by atoms with E-state index in [2.05, 4.69) is 0 Å². The van der Waals surface area contributed by atoms with E-state index in [4.69, 9.17) is 24.8 Å². The number of ether oxygens (including phenoxy) is 1. The van der Waals surface area contributed by atoms with Gasteiger partial charge in [0.05, 0.1) is 0 Å². The first-order valence-electron chi connectivity index (χ1n) is 9.23. The van der Waals surface area contributed by atoms with Crippen LogP contribution in [-0.2, 0) is 0 Å². The van der Waals surface area contributed by atoms with Crippen LogP contribution in [0.25, 0.3) is 0 Å². The summed E-state index contributed by atoms with van der Waals surface area (Å²) in [6.45, 7) is 0. The molecule has 0 N–H and O–H groups in total. The zero-order chi connectivity index (χ0) is 30.6. The number of hydrogen-bond donors (Lipinski definition) is 0. The van der Waals surface area contributed by atoms with Gasteiger partial charge in [-0.15, -0.1) is 0 Å². The van der Waals surface area contributed by atoms with E-state index >= 15 is 0 Å². The van der Waals surface area contributed by atoms with Crippen molar-refractivity contribution >= 4 is 35.8 Å². The third-order valence-corrected chi connectivity index (χ3v) is 13.6. The van der Waals surface area contributed by atoms with Crippen molar-refractivity contribution in [3.8, 4) is 5.75 Å². The predicted octanol–water partition coefficient (Wildman–Crippen LogP) is 8.22. The molecule has 0 aliphatic heterocycles. The standard InChI is InChI=1S/C17H11Cl2F17GeO/c1-38-9-4-2-8(3-5-9)37(18,19)7-6-10(20,21)11(22,23)12(24,25)13(26,27)14(28,29)15(30,31)16(32,33)17(34,35)36/h2-5H,6-7H2,1H3. The van der Waals surface area contributed by atoms with Crippen molar-refractivity contribution < 1.29 is 79.4 Å². The average molecular weight is 698 g/mol. The molecule has 0 heterocycles. The maximum absolute atomic E-state index is 14.1. The van der Waals surface area contributed by atoms with Gasteiger partial charge >= 0.3 is 212 Å². The van der Waals surface area contributed by atoms with Crippen molar-refractivity contribution in [3.63, 3.8) is 0 Å². The molecule has 0 unspecified atom stereocenters. The molecule has 0 bridgehead atoms. The number of benzene rings is 1. The van der Waals surface area contributed by atoms with Crippen LogP contribution in [0.1, 0.15) is 6.42 Å². The molecular formula is C17H11Cl2F17GeO. The molecule has 0 fully saturated rings. The molecule has 0 atom stereocenters. The van der Waals surface area contributed by atoms with E-state index in [1.54, 1.807) is 0 Å². The van der Waals surface area contributed by atoms with Gasteiger partial charge in [-0.3, -0.25) is 0 Å². The fourth-order valence-corrected chi connectivity index (χ4v) is 8.23. The monoisotopic (exact) mass is 698 g/mol. The second kappa shape index (κ2) is 10.1. The Bertz CT molecular complexity index is 976. The zero-order valence-corrected chi connectivity index (χ0v) is 21.4. The van der Waals surface area contributed by atoms with Gasteiger partial charge in [0.2, 0.25) is 0 Å². The quantitative estimate of drug-likeness (QED) is 0.167. The molecule has 0 aliphatic carbocycles. The summed E-state index contributed by atoms with van der Waals surface area (Å²) >= 11 is -4.96. The Kier molecular flexibility index (Phi) is 9.30. The Balaban J connectivity index is 3.44. The summed E-state index contributed by atoms with van der Waals surface area (Å²) in [7, 11) is 12.8. The molecule has 1 aromatic carbocycles. The molecular weight excluding hydrogens is 687 g/mol. The summed E-state index contributed by atoms with van der Waals surface area (Å²) in [5.41, 5.74) is 0. The van der Waals surface area contributed by atoms with Crippen LogP contribution >= 0.6 is 20.0 Å². The normalized spacial score (nSPS) is 15.6. The second-order valence-electron chi connectivity index (χ2n) is 7.58. The maximum atomic E-state index is 14.1. The first kappa shape index (κ1) is 35.0. The van der Waals surface area contributed by atoms with Crippen molar-refractivity contribution in [2.45, 2.75) is 59.3 Å². The minimum absolute atomic E-state index is 0.132. The van der Waals surface area contributed by atoms with Crippen molar-refractivity contribution in [1.82, 2.24) is 0 Å². The van der Waals surface area contributed by atoms with Gasteiger partial charge in [0.25, 0.3) is 0 Å². The molecule has 0 saturated heterocycles. The Morgan fingerprint density at radius 1 is 0.579 bits per heavy atom. The van der Waals surface area contributed by atoms with Crippen LogP contribution in [0.3, 0.4) is 0 Å². The Labute approximate surface area is 211 Å². The predicted molar refractivity (Wildman–Crippen MR) is 100 cm³/mol. The molecule has 0 amide bonds. The van der Waals surface area contributed by atoms with Crippen molar-refractivity contribution in [1.29, 1.82) is 0 Å². The molecule has 222 valence electrons. The SMILES string of the molecule is COc1cc[c]([Ge]([Cl])([Cl])[CH2]CC(F)(F)C(F)(F)C(F)(F)C(F)(F)C(F)(F)C(F)(F)C(F)(F)C(F)(F)F)cc1. The Morgan fingerprint density at radius 2 is 0.921 bits per heavy atom. The van der Waals surface area contributed by atoms with Crippen LogP contribution in [0.4, 0.5) is 74.6 Å². The van der Waals surface area contributed by atoms with Gasteiger partial charge in [-0.05, 0) is 0 Å². The van der Waals surface area contributed by atoms with Crippen LogP contribution in [0.5, 0.6) is 5.75 Å². The fraction of sp³-hybridized carbons (Fsp3) is 0.647. The number of rotatable bonds is 11. The van der Waals surface area contributed by atoms with E-state index in [0.29, 0.717) is 0 Å². The van der Waals surface area contributed by atoms with Gasteiger partial charge in [0.1, 0.15) is 0 Å². The number of halogens is 19. The van der Waals surface area contributed by atoms with Crippen LogP contribution in [0.15, 0.2) is 24.3 Å². The number of methoxy groups -OCH3 is 1. The van der Waals surface area contributed by atoms with Crippen LogP contribution < -0.4 is 9.13 Å². The van der Waals surface area contributed by atoms with Crippen molar-refractivity contribution in [2.24, 2.45) is 0 Å². The molecule has 0 saturated carbocycles. The Morgan fingerprint density at radius 3 is 1.26 bits per heavy atom. The summed E-state index contributed by atoms with van der Waals surface area (Å²) in [5.74, 6) is -56.5. The minimum atomic E-state index is -8.66. The van der Waals surface area contributed by atoms with Crippen LogP contribution in [0.2, 0.25) is 5.25 Å². The molecule has 0 aromatic heterocycles. The van der Waals surface area contributed by atoms with Crippen molar-refractivity contribution in [3.05, 3.63) is 24.3 Å². The molecule has 38 heavy (non-hydrogen) atoms. The topological polar surface area (TPSA) is 9.23 Å². The Hall–Kier alpha value is -1.05. The van der Waals surface area contributed by atoms with Crippen molar-refractivity contribution in [2.75, 3.05) is 7.11 Å². The molecule has 0 aliphatic rings. The summed E-state index contributed by atoms with van der Waals surface area (Å²) < 4.78 is 231. The molecule has 1 aromatic rings. The van der Waals surface area contributed by atoms with Gasteiger partial charge in [-0.25, -0.2) is 0 Å². The first-order chi connectivity index (χ1) is 16.5. The average Bonchev–Trinajstić information content (AvgIpc) is 2.76. The van der Waals surface area contributed by atoms with Gasteiger partial charge in [-0.2, -0.15) is 0 Å². The van der Waals surface area contributed by atoms with E-state index in [-0.39, 0.29) is 10.1 Å². The van der Waals surface area contributed by atoms with E-state index in [1.165, 1.54) is 7.11 Å². The number of hydrogen-bond acceptors (Lipinski definition) is 1. The molecule has 1 rings (SSSR count). The molecule has 1 nitrogen and oxygen atoms in total. The van der Waals surface area contributed by atoms with Crippen LogP contribution in [0, 0.1) is 0 Å². The first-order valence-corrected chi connectivity index (χ1v) is 17.3. The van der Waals surface area contributed by atoms with Gasteiger partial charge in [0, 0.05) is 0 Å². The van der Waals surface area contributed by atoms with Gasteiger partial charge < -0.3 is 0 Å².